The zero-order valence-corrected chi connectivity index (χ0v) is 10.3. The highest BCUT2D eigenvalue weighted by Gasteiger charge is 2.24. The molecule has 1 aromatic carbocycles. The van der Waals surface area contributed by atoms with Gasteiger partial charge in [0.1, 0.15) is 5.60 Å². The molecular formula is C13H19NO2. The van der Waals surface area contributed by atoms with Gasteiger partial charge in [-0.1, -0.05) is 24.3 Å². The first-order valence-electron chi connectivity index (χ1n) is 5.31. The topological polar surface area (TPSA) is 40.5 Å². The molecule has 0 heterocycles. The van der Waals surface area contributed by atoms with Crippen molar-refractivity contribution >= 4 is 5.78 Å². The number of carbonyl (C=O) groups is 1. The second-order valence-corrected chi connectivity index (χ2v) is 4.82. The van der Waals surface area contributed by atoms with Crippen molar-refractivity contribution in [2.75, 3.05) is 14.1 Å². The first-order chi connectivity index (χ1) is 7.30. The first kappa shape index (κ1) is 12.9. The van der Waals surface area contributed by atoms with Crippen molar-refractivity contribution in [1.82, 2.24) is 4.90 Å². The van der Waals surface area contributed by atoms with E-state index in [0.717, 1.165) is 12.1 Å². The van der Waals surface area contributed by atoms with Gasteiger partial charge in [0.05, 0.1) is 0 Å². The van der Waals surface area contributed by atoms with E-state index in [4.69, 9.17) is 0 Å². The fourth-order valence-corrected chi connectivity index (χ4v) is 1.48. The minimum absolute atomic E-state index is 0.246. The van der Waals surface area contributed by atoms with E-state index < -0.39 is 5.60 Å². The van der Waals surface area contributed by atoms with Gasteiger partial charge >= 0.3 is 0 Å². The summed E-state index contributed by atoms with van der Waals surface area (Å²) in [7, 11) is 3.99. The fraction of sp³-hybridized carbons (Fsp3) is 0.462. The molecule has 0 bridgehead atoms. The number of aliphatic hydroxyl groups is 1. The molecule has 0 saturated carbocycles. The quantitative estimate of drug-likeness (QED) is 0.787. The van der Waals surface area contributed by atoms with E-state index >= 15 is 0 Å². The third-order valence-corrected chi connectivity index (χ3v) is 2.27. The molecule has 0 fully saturated rings. The second-order valence-electron chi connectivity index (χ2n) is 4.82. The van der Waals surface area contributed by atoms with Crippen LogP contribution in [-0.4, -0.2) is 35.5 Å². The summed E-state index contributed by atoms with van der Waals surface area (Å²) in [6.45, 7) is 3.85. The van der Waals surface area contributed by atoms with Crippen LogP contribution < -0.4 is 0 Å². The molecule has 0 aliphatic rings. The van der Waals surface area contributed by atoms with Gasteiger partial charge in [-0.2, -0.15) is 0 Å². The summed E-state index contributed by atoms with van der Waals surface area (Å²) in [6, 6.07) is 7.36. The summed E-state index contributed by atoms with van der Waals surface area (Å²) in [5, 5.41) is 9.60. The smallest absolute Gasteiger partial charge is 0.193 e. The highest BCUT2D eigenvalue weighted by Crippen LogP contribution is 2.13. The lowest BCUT2D eigenvalue weighted by Gasteiger charge is -2.16. The number of nitrogens with zero attached hydrogens (tertiary/aromatic N) is 1. The van der Waals surface area contributed by atoms with Gasteiger partial charge in [-0.15, -0.1) is 0 Å². The van der Waals surface area contributed by atoms with Crippen LogP contribution >= 0.6 is 0 Å². The maximum Gasteiger partial charge on any atom is 0.193 e. The van der Waals surface area contributed by atoms with E-state index in [1.54, 1.807) is 12.1 Å². The van der Waals surface area contributed by atoms with Crippen molar-refractivity contribution in [2.24, 2.45) is 0 Å². The summed E-state index contributed by atoms with van der Waals surface area (Å²) in [4.78, 5) is 13.8. The van der Waals surface area contributed by atoms with Crippen LogP contribution in [0.1, 0.15) is 29.8 Å². The van der Waals surface area contributed by atoms with Gasteiger partial charge < -0.3 is 10.0 Å². The summed E-state index contributed by atoms with van der Waals surface area (Å²) in [5.41, 5.74) is 0.399. The lowest BCUT2D eigenvalue weighted by Crippen LogP contribution is -2.31. The molecule has 0 aromatic heterocycles. The molecule has 0 spiro atoms. The molecule has 0 saturated heterocycles. The van der Waals surface area contributed by atoms with Crippen molar-refractivity contribution < 1.29 is 9.90 Å². The molecule has 16 heavy (non-hydrogen) atoms. The minimum atomic E-state index is -1.30. The van der Waals surface area contributed by atoms with Gasteiger partial charge in [0, 0.05) is 12.1 Å². The Bertz CT molecular complexity index is 361. The molecule has 3 heteroatoms. The van der Waals surface area contributed by atoms with Crippen molar-refractivity contribution in [1.29, 1.82) is 0 Å². The molecule has 88 valence electrons. The Morgan fingerprint density at radius 3 is 2.12 bits per heavy atom. The predicted molar refractivity (Wildman–Crippen MR) is 64.5 cm³/mol. The van der Waals surface area contributed by atoms with Gasteiger partial charge in [0.25, 0.3) is 0 Å². The molecule has 1 aromatic rings. The Hall–Kier alpha value is -1.19. The standard InChI is InChI=1S/C13H19NO2/c1-13(2,16)12(15)11-7-5-10(6-8-11)9-14(3)4/h5-8,16H,9H2,1-4H3. The van der Waals surface area contributed by atoms with Gasteiger partial charge in [-0.3, -0.25) is 4.79 Å². The minimum Gasteiger partial charge on any atom is -0.382 e. The largest absolute Gasteiger partial charge is 0.382 e. The highest BCUT2D eigenvalue weighted by atomic mass is 16.3. The number of carbonyl (C=O) groups excluding carboxylic acids is 1. The van der Waals surface area contributed by atoms with Crippen LogP contribution in [0.25, 0.3) is 0 Å². The molecule has 0 atom stereocenters. The molecule has 0 amide bonds. The molecule has 0 unspecified atom stereocenters. The number of ketones is 1. The van der Waals surface area contributed by atoms with Crippen LogP contribution in [0.5, 0.6) is 0 Å². The zero-order chi connectivity index (χ0) is 12.3. The van der Waals surface area contributed by atoms with Crippen molar-refractivity contribution in [2.45, 2.75) is 26.0 Å². The average Bonchev–Trinajstić information content (AvgIpc) is 2.15. The third kappa shape index (κ3) is 3.43. The SMILES string of the molecule is CN(C)Cc1ccc(C(=O)C(C)(C)O)cc1. The summed E-state index contributed by atoms with van der Waals surface area (Å²) < 4.78 is 0. The van der Waals surface area contributed by atoms with E-state index in [-0.39, 0.29) is 5.78 Å². The maximum absolute atomic E-state index is 11.7. The monoisotopic (exact) mass is 221 g/mol. The van der Waals surface area contributed by atoms with Crippen LogP contribution in [0.2, 0.25) is 0 Å². The third-order valence-electron chi connectivity index (χ3n) is 2.27. The van der Waals surface area contributed by atoms with Gasteiger partial charge in [0.2, 0.25) is 0 Å². The molecule has 0 aliphatic heterocycles. The van der Waals surface area contributed by atoms with Crippen LogP contribution in [0.15, 0.2) is 24.3 Å². The lowest BCUT2D eigenvalue weighted by atomic mass is 9.96. The number of benzene rings is 1. The maximum atomic E-state index is 11.7. The number of rotatable bonds is 4. The summed E-state index contributed by atoms with van der Waals surface area (Å²) in [5.74, 6) is -0.246. The summed E-state index contributed by atoms with van der Waals surface area (Å²) in [6.07, 6.45) is 0. The average molecular weight is 221 g/mol. The van der Waals surface area contributed by atoms with Crippen LogP contribution in [0.3, 0.4) is 0 Å². The molecule has 1 rings (SSSR count). The van der Waals surface area contributed by atoms with Gasteiger partial charge in [-0.25, -0.2) is 0 Å². The molecular weight excluding hydrogens is 202 g/mol. The number of Topliss-reactive ketones (excluding diaryl/α,β-unsaturated/α-hetero) is 1. The highest BCUT2D eigenvalue weighted by molar-refractivity contribution is 6.01. The summed E-state index contributed by atoms with van der Waals surface area (Å²) >= 11 is 0. The number of hydrogen-bond acceptors (Lipinski definition) is 3. The van der Waals surface area contributed by atoms with Crippen LogP contribution in [0.4, 0.5) is 0 Å². The van der Waals surface area contributed by atoms with Crippen LogP contribution in [-0.2, 0) is 6.54 Å². The van der Waals surface area contributed by atoms with Crippen molar-refractivity contribution in [3.8, 4) is 0 Å². The normalized spacial score (nSPS) is 11.9. The molecule has 0 aliphatic carbocycles. The van der Waals surface area contributed by atoms with E-state index in [2.05, 4.69) is 4.90 Å². The van der Waals surface area contributed by atoms with E-state index in [0.29, 0.717) is 5.56 Å². The Morgan fingerprint density at radius 1 is 1.25 bits per heavy atom. The Labute approximate surface area is 96.7 Å². The fourth-order valence-electron chi connectivity index (χ4n) is 1.48. The van der Waals surface area contributed by atoms with Gasteiger partial charge in [0.15, 0.2) is 5.78 Å². The number of hydrogen-bond donors (Lipinski definition) is 1. The predicted octanol–water partition coefficient (Wildman–Crippen LogP) is 1.70. The van der Waals surface area contributed by atoms with E-state index in [9.17, 15) is 9.90 Å². The second kappa shape index (κ2) is 4.76. The Kier molecular flexibility index (Phi) is 3.83. The van der Waals surface area contributed by atoms with Crippen LogP contribution in [0, 0.1) is 0 Å². The Morgan fingerprint density at radius 2 is 1.75 bits per heavy atom. The van der Waals surface area contributed by atoms with Gasteiger partial charge in [-0.05, 0) is 33.5 Å². The zero-order valence-electron chi connectivity index (χ0n) is 10.3. The lowest BCUT2D eigenvalue weighted by molar-refractivity contribution is 0.0488. The molecule has 1 N–H and O–H groups in total. The molecule has 3 nitrogen and oxygen atoms in total. The van der Waals surface area contributed by atoms with E-state index in [1.165, 1.54) is 13.8 Å². The Balaban J connectivity index is 2.83. The first-order valence-corrected chi connectivity index (χ1v) is 5.31. The van der Waals surface area contributed by atoms with Crippen molar-refractivity contribution in [3.63, 3.8) is 0 Å². The van der Waals surface area contributed by atoms with Crippen molar-refractivity contribution in [3.05, 3.63) is 35.4 Å². The van der Waals surface area contributed by atoms with E-state index in [1.807, 2.05) is 26.2 Å². The molecule has 0 radical (unpaired) electrons.